The molecule has 0 atom stereocenters. The second-order valence-corrected chi connectivity index (χ2v) is 5.98. The van der Waals surface area contributed by atoms with Crippen LogP contribution in [-0.4, -0.2) is 52.1 Å². The van der Waals surface area contributed by atoms with Gasteiger partial charge in [-0.1, -0.05) is 23.7 Å². The molecule has 0 amide bonds. The van der Waals surface area contributed by atoms with Gasteiger partial charge in [0.15, 0.2) is 0 Å². The quantitative estimate of drug-likeness (QED) is 0.847. The van der Waals surface area contributed by atoms with Crippen LogP contribution in [-0.2, 0) is 13.1 Å². The molecule has 3 rings (SSSR count). The summed E-state index contributed by atoms with van der Waals surface area (Å²) in [6.45, 7) is 7.63. The monoisotopic (exact) mass is 304 g/mol. The van der Waals surface area contributed by atoms with E-state index in [4.69, 9.17) is 11.6 Å². The lowest BCUT2D eigenvalue weighted by Gasteiger charge is -2.34. The van der Waals surface area contributed by atoms with Crippen LogP contribution in [0.2, 0.25) is 5.02 Å². The third kappa shape index (κ3) is 4.30. The Morgan fingerprint density at radius 1 is 1.05 bits per heavy atom. The van der Waals surface area contributed by atoms with E-state index in [1.165, 1.54) is 5.56 Å². The Balaban J connectivity index is 1.42. The third-order valence-electron chi connectivity index (χ3n) is 3.99. The fourth-order valence-corrected chi connectivity index (χ4v) is 2.95. The molecule has 1 aliphatic rings. The average Bonchev–Trinajstić information content (AvgIpc) is 3.00. The first-order valence-corrected chi connectivity index (χ1v) is 7.82. The SMILES string of the molecule is Clc1cccc(CN2CCN(CCn3ccnc3)CC2)c1. The van der Waals surface area contributed by atoms with Crippen molar-refractivity contribution in [2.45, 2.75) is 13.1 Å². The highest BCUT2D eigenvalue weighted by Crippen LogP contribution is 2.14. The number of nitrogens with zero attached hydrogens (tertiary/aromatic N) is 4. The van der Waals surface area contributed by atoms with Crippen molar-refractivity contribution in [2.24, 2.45) is 0 Å². The molecule has 0 saturated carbocycles. The molecule has 0 N–H and O–H groups in total. The molecule has 5 heteroatoms. The molecule has 4 nitrogen and oxygen atoms in total. The third-order valence-corrected chi connectivity index (χ3v) is 4.23. The molecular weight excluding hydrogens is 284 g/mol. The van der Waals surface area contributed by atoms with Crippen LogP contribution in [0, 0.1) is 0 Å². The Morgan fingerprint density at radius 3 is 2.57 bits per heavy atom. The van der Waals surface area contributed by atoms with Crippen LogP contribution in [0.1, 0.15) is 5.56 Å². The van der Waals surface area contributed by atoms with Crippen molar-refractivity contribution in [3.05, 3.63) is 53.6 Å². The van der Waals surface area contributed by atoms with Crippen LogP contribution in [0.25, 0.3) is 0 Å². The van der Waals surface area contributed by atoms with Crippen molar-refractivity contribution in [3.8, 4) is 0 Å². The summed E-state index contributed by atoms with van der Waals surface area (Å²) in [5.74, 6) is 0. The van der Waals surface area contributed by atoms with Gasteiger partial charge in [0.05, 0.1) is 6.33 Å². The molecule has 1 aromatic heterocycles. The molecule has 1 aliphatic heterocycles. The number of piperazine rings is 1. The molecule has 1 saturated heterocycles. The van der Waals surface area contributed by atoms with E-state index in [0.29, 0.717) is 0 Å². The molecule has 0 bridgehead atoms. The maximum Gasteiger partial charge on any atom is 0.0946 e. The first kappa shape index (κ1) is 14.6. The van der Waals surface area contributed by atoms with Gasteiger partial charge in [-0.3, -0.25) is 9.80 Å². The number of hydrogen-bond donors (Lipinski definition) is 0. The standard InChI is InChI=1S/C16H21ClN4/c17-16-3-1-2-15(12-16)13-20-9-6-19(7-10-20)8-11-21-5-4-18-14-21/h1-5,12,14H,6-11,13H2. The minimum absolute atomic E-state index is 0.825. The number of imidazole rings is 1. The normalized spacial score (nSPS) is 17.2. The van der Waals surface area contributed by atoms with E-state index in [0.717, 1.165) is 50.8 Å². The summed E-state index contributed by atoms with van der Waals surface area (Å²) in [5, 5.41) is 0.825. The predicted molar refractivity (Wildman–Crippen MR) is 85.4 cm³/mol. The van der Waals surface area contributed by atoms with Crippen molar-refractivity contribution in [3.63, 3.8) is 0 Å². The van der Waals surface area contributed by atoms with E-state index in [1.807, 2.05) is 30.9 Å². The summed E-state index contributed by atoms with van der Waals surface area (Å²) in [6.07, 6.45) is 5.74. The zero-order valence-electron chi connectivity index (χ0n) is 12.2. The molecule has 0 unspecified atom stereocenters. The first-order valence-electron chi connectivity index (χ1n) is 7.44. The second kappa shape index (κ2) is 7.07. The van der Waals surface area contributed by atoms with E-state index in [2.05, 4.69) is 31.5 Å². The Kier molecular flexibility index (Phi) is 4.91. The maximum absolute atomic E-state index is 6.04. The number of halogens is 1. The Morgan fingerprint density at radius 2 is 1.86 bits per heavy atom. The van der Waals surface area contributed by atoms with Gasteiger partial charge in [-0.15, -0.1) is 0 Å². The van der Waals surface area contributed by atoms with Crippen LogP contribution < -0.4 is 0 Å². The van der Waals surface area contributed by atoms with Crippen molar-refractivity contribution in [1.29, 1.82) is 0 Å². The van der Waals surface area contributed by atoms with E-state index in [1.54, 1.807) is 0 Å². The van der Waals surface area contributed by atoms with Crippen molar-refractivity contribution in [1.82, 2.24) is 19.4 Å². The molecule has 21 heavy (non-hydrogen) atoms. The van der Waals surface area contributed by atoms with Crippen LogP contribution in [0.15, 0.2) is 43.0 Å². The fraction of sp³-hybridized carbons (Fsp3) is 0.438. The summed E-state index contributed by atoms with van der Waals surface area (Å²) in [5.41, 5.74) is 1.30. The van der Waals surface area contributed by atoms with E-state index in [-0.39, 0.29) is 0 Å². The predicted octanol–water partition coefficient (Wildman–Crippen LogP) is 2.35. The summed E-state index contributed by atoms with van der Waals surface area (Å²) in [4.78, 5) is 9.10. The number of hydrogen-bond acceptors (Lipinski definition) is 3. The molecule has 1 aromatic carbocycles. The first-order chi connectivity index (χ1) is 10.3. The van der Waals surface area contributed by atoms with Crippen molar-refractivity contribution >= 4 is 11.6 Å². The minimum atomic E-state index is 0.825. The summed E-state index contributed by atoms with van der Waals surface area (Å²) in [7, 11) is 0. The highest BCUT2D eigenvalue weighted by Gasteiger charge is 2.16. The summed E-state index contributed by atoms with van der Waals surface area (Å²) in [6, 6.07) is 8.17. The lowest BCUT2D eigenvalue weighted by Crippen LogP contribution is -2.46. The molecule has 2 heterocycles. The molecule has 0 radical (unpaired) electrons. The average molecular weight is 305 g/mol. The summed E-state index contributed by atoms with van der Waals surface area (Å²) < 4.78 is 2.14. The van der Waals surface area contributed by atoms with Gasteiger partial charge in [0.25, 0.3) is 0 Å². The van der Waals surface area contributed by atoms with Crippen LogP contribution in [0.5, 0.6) is 0 Å². The van der Waals surface area contributed by atoms with Crippen LogP contribution >= 0.6 is 11.6 Å². The van der Waals surface area contributed by atoms with Gasteiger partial charge in [-0.05, 0) is 17.7 Å². The van der Waals surface area contributed by atoms with Crippen molar-refractivity contribution in [2.75, 3.05) is 32.7 Å². The van der Waals surface area contributed by atoms with Gasteiger partial charge >= 0.3 is 0 Å². The maximum atomic E-state index is 6.04. The Bertz CT molecular complexity index is 547. The zero-order valence-corrected chi connectivity index (χ0v) is 12.9. The van der Waals surface area contributed by atoms with Crippen LogP contribution in [0.4, 0.5) is 0 Å². The summed E-state index contributed by atoms with van der Waals surface area (Å²) >= 11 is 6.04. The van der Waals surface area contributed by atoms with E-state index < -0.39 is 0 Å². The fourth-order valence-electron chi connectivity index (χ4n) is 2.74. The molecule has 2 aromatic rings. The van der Waals surface area contributed by atoms with E-state index >= 15 is 0 Å². The molecule has 0 spiro atoms. The lowest BCUT2D eigenvalue weighted by atomic mass is 10.2. The minimum Gasteiger partial charge on any atom is -0.336 e. The number of benzene rings is 1. The van der Waals surface area contributed by atoms with Crippen LogP contribution in [0.3, 0.4) is 0 Å². The van der Waals surface area contributed by atoms with Gasteiger partial charge in [0, 0.05) is 63.2 Å². The molecular formula is C16H21ClN4. The lowest BCUT2D eigenvalue weighted by molar-refractivity contribution is 0.124. The topological polar surface area (TPSA) is 24.3 Å². The Hall–Kier alpha value is -1.36. The highest BCUT2D eigenvalue weighted by atomic mass is 35.5. The van der Waals surface area contributed by atoms with Gasteiger partial charge < -0.3 is 4.57 Å². The van der Waals surface area contributed by atoms with Gasteiger partial charge in [-0.25, -0.2) is 4.98 Å². The van der Waals surface area contributed by atoms with Gasteiger partial charge in [-0.2, -0.15) is 0 Å². The van der Waals surface area contributed by atoms with Gasteiger partial charge in [0.1, 0.15) is 0 Å². The Labute approximate surface area is 130 Å². The van der Waals surface area contributed by atoms with Gasteiger partial charge in [0.2, 0.25) is 0 Å². The largest absolute Gasteiger partial charge is 0.336 e. The molecule has 0 aliphatic carbocycles. The van der Waals surface area contributed by atoms with E-state index in [9.17, 15) is 0 Å². The van der Waals surface area contributed by atoms with Crippen molar-refractivity contribution < 1.29 is 0 Å². The number of aromatic nitrogens is 2. The molecule has 1 fully saturated rings. The highest BCUT2D eigenvalue weighted by molar-refractivity contribution is 6.30. The number of rotatable bonds is 5. The smallest absolute Gasteiger partial charge is 0.0946 e. The zero-order chi connectivity index (χ0) is 14.5. The second-order valence-electron chi connectivity index (χ2n) is 5.55. The molecule has 112 valence electrons.